The summed E-state index contributed by atoms with van der Waals surface area (Å²) in [5.74, 6) is 1.35. The van der Waals surface area contributed by atoms with Gasteiger partial charge in [0, 0.05) is 13.1 Å². The molecule has 0 amide bonds. The molecule has 6 heteroatoms. The van der Waals surface area contributed by atoms with E-state index in [2.05, 4.69) is 5.32 Å². The van der Waals surface area contributed by atoms with Gasteiger partial charge in [0.25, 0.3) is 0 Å². The number of benzene rings is 2. The van der Waals surface area contributed by atoms with Crippen LogP contribution in [0, 0.1) is 5.82 Å². The van der Waals surface area contributed by atoms with Crippen LogP contribution in [0.15, 0.2) is 30.3 Å². The molecule has 0 aliphatic carbocycles. The molecule has 0 saturated carbocycles. The summed E-state index contributed by atoms with van der Waals surface area (Å²) in [6.07, 6.45) is 0. The maximum Gasteiger partial charge on any atom is 0.203 e. The van der Waals surface area contributed by atoms with E-state index < -0.39 is 5.82 Å². The van der Waals surface area contributed by atoms with Gasteiger partial charge in [-0.05, 0) is 35.4 Å². The molecule has 0 saturated heterocycles. The van der Waals surface area contributed by atoms with Crippen LogP contribution in [0.25, 0.3) is 0 Å². The first kappa shape index (κ1) is 17.4. The average molecular weight is 340 g/mol. The van der Waals surface area contributed by atoms with Crippen molar-refractivity contribution in [2.24, 2.45) is 0 Å². The summed E-state index contributed by atoms with van der Waals surface area (Å²) in [6, 6.07) is 8.43. The SMILES string of the molecule is COc1cc(CNCc2ccc(F)c(Cl)c2)cc(OC)c1OC. The molecule has 2 rings (SSSR count). The van der Waals surface area contributed by atoms with E-state index in [0.29, 0.717) is 30.3 Å². The van der Waals surface area contributed by atoms with Crippen LogP contribution in [0.3, 0.4) is 0 Å². The van der Waals surface area contributed by atoms with Crippen LogP contribution in [0.4, 0.5) is 4.39 Å². The van der Waals surface area contributed by atoms with Crippen molar-refractivity contribution in [3.63, 3.8) is 0 Å². The molecule has 4 nitrogen and oxygen atoms in total. The Labute approximate surface area is 140 Å². The third-order valence-corrected chi connectivity index (χ3v) is 3.66. The molecule has 0 heterocycles. The molecule has 2 aromatic rings. The highest BCUT2D eigenvalue weighted by atomic mass is 35.5. The second kappa shape index (κ2) is 8.04. The normalized spacial score (nSPS) is 10.5. The Morgan fingerprint density at radius 2 is 1.52 bits per heavy atom. The lowest BCUT2D eigenvalue weighted by Crippen LogP contribution is -2.13. The Bertz CT molecular complexity index is 654. The van der Waals surface area contributed by atoms with Crippen LogP contribution in [0.1, 0.15) is 11.1 Å². The summed E-state index contributed by atoms with van der Waals surface area (Å²) in [7, 11) is 4.72. The highest BCUT2D eigenvalue weighted by molar-refractivity contribution is 6.30. The van der Waals surface area contributed by atoms with E-state index in [1.807, 2.05) is 12.1 Å². The highest BCUT2D eigenvalue weighted by Crippen LogP contribution is 2.38. The van der Waals surface area contributed by atoms with Crippen molar-refractivity contribution in [2.45, 2.75) is 13.1 Å². The zero-order valence-electron chi connectivity index (χ0n) is 13.3. The van der Waals surface area contributed by atoms with E-state index >= 15 is 0 Å². The summed E-state index contributed by atoms with van der Waals surface area (Å²) in [6.45, 7) is 1.16. The number of ether oxygens (including phenoxy) is 3. The fraction of sp³-hybridized carbons (Fsp3) is 0.294. The predicted octanol–water partition coefficient (Wildman–Crippen LogP) is 3.79. The standard InChI is InChI=1S/C17H19ClFNO3/c1-21-15-7-12(8-16(22-2)17(15)23-3)10-20-9-11-4-5-14(19)13(18)6-11/h4-8,20H,9-10H2,1-3H3. The van der Waals surface area contributed by atoms with Crippen molar-refractivity contribution in [1.29, 1.82) is 0 Å². The Hall–Kier alpha value is -1.98. The number of methoxy groups -OCH3 is 3. The van der Waals surface area contributed by atoms with Crippen molar-refractivity contribution >= 4 is 11.6 Å². The first-order chi connectivity index (χ1) is 11.1. The molecule has 0 radical (unpaired) electrons. The molecule has 0 bridgehead atoms. The Morgan fingerprint density at radius 1 is 0.913 bits per heavy atom. The molecule has 23 heavy (non-hydrogen) atoms. The third-order valence-electron chi connectivity index (χ3n) is 3.37. The summed E-state index contributed by atoms with van der Waals surface area (Å²) in [4.78, 5) is 0. The van der Waals surface area contributed by atoms with Gasteiger partial charge in [-0.25, -0.2) is 4.39 Å². The van der Waals surface area contributed by atoms with Crippen molar-refractivity contribution in [2.75, 3.05) is 21.3 Å². The smallest absolute Gasteiger partial charge is 0.203 e. The Kier molecular flexibility index (Phi) is 6.07. The molecule has 2 aromatic carbocycles. The first-order valence-electron chi connectivity index (χ1n) is 7.02. The van der Waals surface area contributed by atoms with Gasteiger partial charge in [-0.3, -0.25) is 0 Å². The fourth-order valence-corrected chi connectivity index (χ4v) is 2.44. The third kappa shape index (κ3) is 4.27. The van der Waals surface area contributed by atoms with Crippen LogP contribution in [0.5, 0.6) is 17.2 Å². The largest absolute Gasteiger partial charge is 0.493 e. The van der Waals surface area contributed by atoms with E-state index in [1.54, 1.807) is 33.5 Å². The van der Waals surface area contributed by atoms with E-state index in [-0.39, 0.29) is 5.02 Å². The van der Waals surface area contributed by atoms with Crippen LogP contribution in [-0.4, -0.2) is 21.3 Å². The predicted molar refractivity (Wildman–Crippen MR) is 88.1 cm³/mol. The van der Waals surface area contributed by atoms with Gasteiger partial charge in [0.05, 0.1) is 26.4 Å². The lowest BCUT2D eigenvalue weighted by Gasteiger charge is -2.14. The zero-order chi connectivity index (χ0) is 16.8. The molecular formula is C17H19ClFNO3. The van der Waals surface area contributed by atoms with Gasteiger partial charge in [-0.1, -0.05) is 17.7 Å². The topological polar surface area (TPSA) is 39.7 Å². The minimum Gasteiger partial charge on any atom is -0.493 e. The molecule has 0 spiro atoms. The van der Waals surface area contributed by atoms with Crippen molar-refractivity contribution < 1.29 is 18.6 Å². The van der Waals surface area contributed by atoms with Crippen molar-refractivity contribution in [1.82, 2.24) is 5.32 Å². The van der Waals surface area contributed by atoms with Crippen LogP contribution < -0.4 is 19.5 Å². The summed E-state index contributed by atoms with van der Waals surface area (Å²) < 4.78 is 29.1. The zero-order valence-corrected chi connectivity index (χ0v) is 14.0. The number of hydrogen-bond acceptors (Lipinski definition) is 4. The number of halogens is 2. The highest BCUT2D eigenvalue weighted by Gasteiger charge is 2.12. The van der Waals surface area contributed by atoms with Crippen LogP contribution in [0.2, 0.25) is 5.02 Å². The Morgan fingerprint density at radius 3 is 2.04 bits per heavy atom. The molecule has 0 unspecified atom stereocenters. The fourth-order valence-electron chi connectivity index (χ4n) is 2.24. The van der Waals surface area contributed by atoms with E-state index in [9.17, 15) is 4.39 Å². The second-order valence-electron chi connectivity index (χ2n) is 4.89. The second-order valence-corrected chi connectivity index (χ2v) is 5.29. The van der Waals surface area contributed by atoms with E-state index in [1.165, 1.54) is 6.07 Å². The summed E-state index contributed by atoms with van der Waals surface area (Å²) >= 11 is 5.77. The molecule has 0 fully saturated rings. The van der Waals surface area contributed by atoms with Crippen LogP contribution >= 0.6 is 11.6 Å². The molecule has 0 aromatic heterocycles. The van der Waals surface area contributed by atoms with Crippen molar-refractivity contribution in [3.8, 4) is 17.2 Å². The number of nitrogens with one attached hydrogen (secondary N) is 1. The van der Waals surface area contributed by atoms with Gasteiger partial charge in [0.15, 0.2) is 11.5 Å². The number of hydrogen-bond donors (Lipinski definition) is 1. The van der Waals surface area contributed by atoms with E-state index in [4.69, 9.17) is 25.8 Å². The lowest BCUT2D eigenvalue weighted by molar-refractivity contribution is 0.323. The average Bonchev–Trinajstić information content (AvgIpc) is 2.57. The van der Waals surface area contributed by atoms with Gasteiger partial charge < -0.3 is 19.5 Å². The van der Waals surface area contributed by atoms with Gasteiger partial charge >= 0.3 is 0 Å². The van der Waals surface area contributed by atoms with Gasteiger partial charge in [0.1, 0.15) is 5.82 Å². The van der Waals surface area contributed by atoms with Gasteiger partial charge in [-0.15, -0.1) is 0 Å². The number of rotatable bonds is 7. The van der Waals surface area contributed by atoms with Crippen LogP contribution in [-0.2, 0) is 13.1 Å². The Balaban J connectivity index is 2.06. The molecule has 0 aliphatic rings. The molecule has 0 aliphatic heterocycles. The van der Waals surface area contributed by atoms with E-state index in [0.717, 1.165) is 11.1 Å². The van der Waals surface area contributed by atoms with Gasteiger partial charge in [-0.2, -0.15) is 0 Å². The van der Waals surface area contributed by atoms with Gasteiger partial charge in [0.2, 0.25) is 5.75 Å². The quantitative estimate of drug-likeness (QED) is 0.833. The minimum absolute atomic E-state index is 0.122. The molecule has 1 N–H and O–H groups in total. The molecule has 0 atom stereocenters. The van der Waals surface area contributed by atoms with Crippen molar-refractivity contribution in [3.05, 3.63) is 52.3 Å². The monoisotopic (exact) mass is 339 g/mol. The molecule has 124 valence electrons. The maximum atomic E-state index is 13.1. The first-order valence-corrected chi connectivity index (χ1v) is 7.40. The lowest BCUT2D eigenvalue weighted by atomic mass is 10.1. The molecular weight excluding hydrogens is 321 g/mol. The summed E-state index contributed by atoms with van der Waals surface area (Å²) in [5, 5.41) is 3.39. The summed E-state index contributed by atoms with van der Waals surface area (Å²) in [5.41, 5.74) is 1.89. The maximum absolute atomic E-state index is 13.1. The minimum atomic E-state index is -0.417.